The molecule has 8 heteroatoms. The quantitative estimate of drug-likeness (QED) is 0.422. The van der Waals surface area contributed by atoms with Crippen LogP contribution in [0.4, 0.5) is 5.69 Å². The summed E-state index contributed by atoms with van der Waals surface area (Å²) >= 11 is 0. The van der Waals surface area contributed by atoms with E-state index >= 15 is 0 Å². The van der Waals surface area contributed by atoms with Crippen molar-refractivity contribution in [1.82, 2.24) is 0 Å². The molecule has 1 heterocycles. The number of anilines is 1. The fourth-order valence-electron chi connectivity index (χ4n) is 5.79. The Morgan fingerprint density at radius 1 is 0.800 bits per heavy atom. The number of benzene rings is 3. The Hall–Kier alpha value is -2.60. The third-order valence-corrected chi connectivity index (χ3v) is 11.3. The van der Waals surface area contributed by atoms with Crippen molar-refractivity contribution in [2.24, 2.45) is 0 Å². The zero-order valence-electron chi connectivity index (χ0n) is 19.7. The second-order valence-electron chi connectivity index (χ2n) is 9.73. The third kappa shape index (κ3) is 3.64. The summed E-state index contributed by atoms with van der Waals surface area (Å²) in [6.45, 7) is 1.86. The Labute approximate surface area is 206 Å². The van der Waals surface area contributed by atoms with E-state index in [4.69, 9.17) is 4.52 Å². The maximum Gasteiger partial charge on any atom is 0.500 e. The summed E-state index contributed by atoms with van der Waals surface area (Å²) < 4.78 is 48.2. The molecule has 3 aromatic carbocycles. The van der Waals surface area contributed by atoms with Gasteiger partial charge in [0.25, 0.3) is 10.0 Å². The second kappa shape index (κ2) is 8.22. The molecule has 1 unspecified atom stereocenters. The lowest BCUT2D eigenvalue weighted by atomic mass is 9.80. The molecule has 0 saturated heterocycles. The van der Waals surface area contributed by atoms with Gasteiger partial charge in [0.15, 0.2) is 0 Å². The minimum absolute atomic E-state index is 0.0439. The molecule has 3 aromatic rings. The monoisotopic (exact) mass is 509 g/mol. The van der Waals surface area contributed by atoms with Crippen LogP contribution in [0.5, 0.6) is 5.75 Å². The molecule has 0 amide bonds. The van der Waals surface area contributed by atoms with Crippen LogP contribution in [-0.4, -0.2) is 13.3 Å². The molecule has 0 spiro atoms. The van der Waals surface area contributed by atoms with Gasteiger partial charge in [-0.05, 0) is 105 Å². The van der Waals surface area contributed by atoms with E-state index in [1.54, 1.807) is 24.3 Å². The molecule has 2 aliphatic carbocycles. The number of hydrogen-bond acceptors (Lipinski definition) is 4. The minimum Gasteiger partial charge on any atom is -0.408 e. The highest BCUT2D eigenvalue weighted by Gasteiger charge is 2.47. The van der Waals surface area contributed by atoms with Gasteiger partial charge < -0.3 is 4.52 Å². The van der Waals surface area contributed by atoms with Crippen LogP contribution in [0.15, 0.2) is 53.4 Å². The number of aryl methyl sites for hydroxylation is 3. The molecular weight excluding hydrogens is 481 g/mol. The van der Waals surface area contributed by atoms with Gasteiger partial charge >= 0.3 is 7.75 Å². The van der Waals surface area contributed by atoms with Gasteiger partial charge in [-0.2, -0.15) is 4.08 Å². The van der Waals surface area contributed by atoms with E-state index in [0.717, 1.165) is 79.2 Å². The second-order valence-corrected chi connectivity index (χ2v) is 13.4. The van der Waals surface area contributed by atoms with E-state index in [2.05, 4.69) is 0 Å². The molecule has 0 saturated carbocycles. The van der Waals surface area contributed by atoms with Crippen molar-refractivity contribution >= 4 is 23.5 Å². The van der Waals surface area contributed by atoms with E-state index < -0.39 is 17.8 Å². The predicted octanol–water partition coefficient (Wildman–Crippen LogP) is 6.11. The highest BCUT2D eigenvalue weighted by molar-refractivity contribution is 7.99. The Balaban J connectivity index is 1.69. The molecule has 0 fully saturated rings. The molecule has 0 radical (unpaired) electrons. The SMILES string of the molecule is Cc1ccc(S(=O)(=O)N2c3ccc4c(c3-c3c(ccc5c3CCCC5)OP2(=O)O)CCCC4)cc1. The van der Waals surface area contributed by atoms with Gasteiger partial charge in [0.05, 0.1) is 10.6 Å². The van der Waals surface area contributed by atoms with Crippen molar-refractivity contribution in [2.75, 3.05) is 4.08 Å². The van der Waals surface area contributed by atoms with Gasteiger partial charge in [0, 0.05) is 11.1 Å². The summed E-state index contributed by atoms with van der Waals surface area (Å²) in [5, 5.41) is 0. The lowest BCUT2D eigenvalue weighted by Gasteiger charge is -2.29. The van der Waals surface area contributed by atoms with Crippen LogP contribution in [0.2, 0.25) is 0 Å². The number of fused-ring (bicyclic) bond motifs is 7. The zero-order valence-corrected chi connectivity index (χ0v) is 21.4. The third-order valence-electron chi connectivity index (χ3n) is 7.45. The zero-order chi connectivity index (χ0) is 24.4. The van der Waals surface area contributed by atoms with Gasteiger partial charge in [-0.25, -0.2) is 13.0 Å². The first-order chi connectivity index (χ1) is 16.8. The molecule has 1 atom stereocenters. The van der Waals surface area contributed by atoms with Crippen LogP contribution >= 0.6 is 7.75 Å². The predicted molar refractivity (Wildman–Crippen MR) is 136 cm³/mol. The summed E-state index contributed by atoms with van der Waals surface area (Å²) in [5.41, 5.74) is 7.25. The van der Waals surface area contributed by atoms with Crippen molar-refractivity contribution in [3.8, 4) is 16.9 Å². The summed E-state index contributed by atoms with van der Waals surface area (Å²) in [4.78, 5) is 11.2. The highest BCUT2D eigenvalue weighted by atomic mass is 32.2. The van der Waals surface area contributed by atoms with Gasteiger partial charge in [-0.15, -0.1) is 0 Å². The van der Waals surface area contributed by atoms with Crippen LogP contribution in [0.25, 0.3) is 11.1 Å². The lowest BCUT2D eigenvalue weighted by molar-refractivity contribution is 0.382. The Morgan fingerprint density at radius 3 is 2.03 bits per heavy atom. The number of sulfonamides is 1. The molecule has 6 nitrogen and oxygen atoms in total. The fraction of sp³-hybridized carbons (Fsp3) is 0.333. The number of hydrogen-bond donors (Lipinski definition) is 1. The van der Waals surface area contributed by atoms with Crippen molar-refractivity contribution in [3.05, 3.63) is 76.3 Å². The molecule has 0 bridgehead atoms. The van der Waals surface area contributed by atoms with E-state index in [0.29, 0.717) is 9.83 Å². The largest absolute Gasteiger partial charge is 0.500 e. The van der Waals surface area contributed by atoms with Crippen LogP contribution in [-0.2, 0) is 40.3 Å². The van der Waals surface area contributed by atoms with E-state index in [1.165, 1.54) is 23.3 Å². The van der Waals surface area contributed by atoms with E-state index in [-0.39, 0.29) is 10.6 Å². The topological polar surface area (TPSA) is 83.9 Å². The Morgan fingerprint density at radius 2 is 1.37 bits per heavy atom. The summed E-state index contributed by atoms with van der Waals surface area (Å²) in [6, 6.07) is 13.7. The van der Waals surface area contributed by atoms with Crippen molar-refractivity contribution < 1.29 is 22.4 Å². The maximum absolute atomic E-state index is 14.0. The van der Waals surface area contributed by atoms with E-state index in [9.17, 15) is 17.9 Å². The molecule has 35 heavy (non-hydrogen) atoms. The highest BCUT2D eigenvalue weighted by Crippen LogP contribution is 2.61. The summed E-state index contributed by atoms with van der Waals surface area (Å²) in [7, 11) is -9.22. The van der Waals surface area contributed by atoms with Crippen molar-refractivity contribution in [3.63, 3.8) is 0 Å². The average Bonchev–Trinajstić information content (AvgIpc) is 2.95. The van der Waals surface area contributed by atoms with Crippen molar-refractivity contribution in [2.45, 2.75) is 63.2 Å². The first kappa shape index (κ1) is 22.8. The average molecular weight is 510 g/mol. The normalized spacial score (nSPS) is 21.1. The molecule has 0 aromatic heterocycles. The fourth-order valence-corrected chi connectivity index (χ4v) is 9.27. The van der Waals surface area contributed by atoms with Crippen LogP contribution in [0.3, 0.4) is 0 Å². The Kier molecular flexibility index (Phi) is 5.37. The van der Waals surface area contributed by atoms with Crippen LogP contribution < -0.4 is 8.60 Å². The van der Waals surface area contributed by atoms with Gasteiger partial charge in [0.2, 0.25) is 0 Å². The summed E-state index contributed by atoms with van der Waals surface area (Å²) in [5.74, 6) is 0.290. The minimum atomic E-state index is -4.83. The van der Waals surface area contributed by atoms with Gasteiger partial charge in [-0.3, -0.25) is 4.89 Å². The van der Waals surface area contributed by atoms with Gasteiger partial charge in [-0.1, -0.05) is 29.8 Å². The molecule has 1 N–H and O–H groups in total. The van der Waals surface area contributed by atoms with Crippen LogP contribution in [0.1, 0.15) is 53.5 Å². The molecule has 1 aliphatic heterocycles. The smallest absolute Gasteiger partial charge is 0.408 e. The first-order valence-corrected chi connectivity index (χ1v) is 15.2. The first-order valence-electron chi connectivity index (χ1n) is 12.2. The maximum atomic E-state index is 14.0. The molecule has 182 valence electrons. The summed E-state index contributed by atoms with van der Waals surface area (Å²) in [6.07, 6.45) is 7.68. The standard InChI is InChI=1S/C27H28NO5PS/c1-18-10-14-21(15-11-18)35(31,32)28-24-16-12-19-6-2-4-8-22(19)26(24)27-23-9-5-3-7-20(23)13-17-25(27)33-34(28,29)30/h10-17H,2-9H2,1H3,(H,29,30). The van der Waals surface area contributed by atoms with Crippen LogP contribution in [0, 0.1) is 6.92 Å². The number of rotatable bonds is 2. The van der Waals surface area contributed by atoms with E-state index in [1.807, 2.05) is 19.1 Å². The molecule has 3 aliphatic rings. The lowest BCUT2D eigenvalue weighted by Crippen LogP contribution is -2.30. The molecular formula is C27H28NO5PS. The van der Waals surface area contributed by atoms with Gasteiger partial charge in [0.1, 0.15) is 5.75 Å². The Bertz CT molecular complexity index is 1500. The molecule has 6 rings (SSSR count). The number of nitrogens with zero attached hydrogens (tertiary/aromatic N) is 1. The van der Waals surface area contributed by atoms with Crippen molar-refractivity contribution in [1.29, 1.82) is 0 Å².